The van der Waals surface area contributed by atoms with Crippen LogP contribution in [0.3, 0.4) is 0 Å². The number of nitrogens with zero attached hydrogens (tertiary/aromatic N) is 1. The zero-order valence-corrected chi connectivity index (χ0v) is 11.4. The van der Waals surface area contributed by atoms with Gasteiger partial charge in [0, 0.05) is 36.6 Å². The smallest absolute Gasteiger partial charge is 0.161 e. The van der Waals surface area contributed by atoms with E-state index in [1.165, 1.54) is 13.3 Å². The molecule has 0 bridgehead atoms. The standard InChI is InChI=1S/C15H22N2O2/c1-11(19)14-5-4-13(9-15(14)16)17-7-2-3-12(10-17)6-8-18/h4-5,9,12,18H,2-3,6-8,10,16H2,1H3. The van der Waals surface area contributed by atoms with Gasteiger partial charge in [-0.1, -0.05) is 0 Å². The molecule has 19 heavy (non-hydrogen) atoms. The first-order valence-electron chi connectivity index (χ1n) is 6.88. The molecule has 1 fully saturated rings. The number of carbonyl (C=O) groups excluding carboxylic acids is 1. The average Bonchev–Trinajstić information content (AvgIpc) is 2.39. The van der Waals surface area contributed by atoms with Crippen molar-refractivity contribution in [2.24, 2.45) is 5.92 Å². The van der Waals surface area contributed by atoms with E-state index in [4.69, 9.17) is 10.8 Å². The van der Waals surface area contributed by atoms with E-state index in [-0.39, 0.29) is 12.4 Å². The van der Waals surface area contributed by atoms with Crippen molar-refractivity contribution in [1.29, 1.82) is 0 Å². The topological polar surface area (TPSA) is 66.6 Å². The molecule has 0 amide bonds. The van der Waals surface area contributed by atoms with Crippen LogP contribution in [-0.4, -0.2) is 30.6 Å². The predicted molar refractivity (Wildman–Crippen MR) is 77.5 cm³/mol. The largest absolute Gasteiger partial charge is 0.398 e. The highest BCUT2D eigenvalue weighted by molar-refractivity contribution is 5.99. The Morgan fingerprint density at radius 2 is 2.32 bits per heavy atom. The van der Waals surface area contributed by atoms with Gasteiger partial charge in [-0.15, -0.1) is 0 Å². The second-order valence-corrected chi connectivity index (χ2v) is 5.29. The van der Waals surface area contributed by atoms with Crippen LogP contribution < -0.4 is 10.6 Å². The minimum atomic E-state index is 0.000788. The number of ketones is 1. The third kappa shape index (κ3) is 3.26. The van der Waals surface area contributed by atoms with Gasteiger partial charge in [0.1, 0.15) is 0 Å². The summed E-state index contributed by atoms with van der Waals surface area (Å²) in [5, 5.41) is 9.04. The zero-order chi connectivity index (χ0) is 13.8. The molecule has 1 aliphatic heterocycles. The fourth-order valence-corrected chi connectivity index (χ4v) is 2.79. The van der Waals surface area contributed by atoms with E-state index < -0.39 is 0 Å². The third-order valence-electron chi connectivity index (χ3n) is 3.84. The van der Waals surface area contributed by atoms with Crippen LogP contribution in [0.2, 0.25) is 0 Å². The van der Waals surface area contributed by atoms with E-state index in [0.29, 0.717) is 17.2 Å². The Labute approximate surface area is 114 Å². The highest BCUT2D eigenvalue weighted by Crippen LogP contribution is 2.27. The van der Waals surface area contributed by atoms with Gasteiger partial charge in [-0.3, -0.25) is 4.79 Å². The number of rotatable bonds is 4. The molecule has 1 atom stereocenters. The Balaban J connectivity index is 2.13. The molecule has 1 heterocycles. The summed E-state index contributed by atoms with van der Waals surface area (Å²) in [4.78, 5) is 13.7. The minimum absolute atomic E-state index is 0.000788. The number of nitrogen functional groups attached to an aromatic ring is 1. The third-order valence-corrected chi connectivity index (χ3v) is 3.84. The van der Waals surface area contributed by atoms with E-state index in [2.05, 4.69) is 4.90 Å². The van der Waals surface area contributed by atoms with Gasteiger partial charge in [0.15, 0.2) is 5.78 Å². The molecule has 1 aliphatic rings. The van der Waals surface area contributed by atoms with Crippen LogP contribution >= 0.6 is 0 Å². The fourth-order valence-electron chi connectivity index (χ4n) is 2.79. The van der Waals surface area contributed by atoms with Crippen LogP contribution in [0.25, 0.3) is 0 Å². The van der Waals surface area contributed by atoms with Crippen molar-refractivity contribution in [3.8, 4) is 0 Å². The molecule has 0 aromatic heterocycles. The molecule has 104 valence electrons. The Hall–Kier alpha value is -1.55. The average molecular weight is 262 g/mol. The first kappa shape index (κ1) is 13.9. The highest BCUT2D eigenvalue weighted by Gasteiger charge is 2.20. The summed E-state index contributed by atoms with van der Waals surface area (Å²) in [5.41, 5.74) is 8.15. The van der Waals surface area contributed by atoms with Gasteiger partial charge in [-0.05, 0) is 50.3 Å². The van der Waals surface area contributed by atoms with Gasteiger partial charge >= 0.3 is 0 Å². The maximum atomic E-state index is 11.4. The van der Waals surface area contributed by atoms with Gasteiger partial charge in [0.2, 0.25) is 0 Å². The summed E-state index contributed by atoms with van der Waals surface area (Å²) < 4.78 is 0. The number of aliphatic hydroxyl groups is 1. The first-order valence-corrected chi connectivity index (χ1v) is 6.88. The molecule has 1 unspecified atom stereocenters. The van der Waals surface area contributed by atoms with E-state index >= 15 is 0 Å². The van der Waals surface area contributed by atoms with Crippen LogP contribution in [0, 0.1) is 5.92 Å². The number of carbonyl (C=O) groups is 1. The Morgan fingerprint density at radius 3 is 2.95 bits per heavy atom. The van der Waals surface area contributed by atoms with Gasteiger partial charge in [-0.25, -0.2) is 0 Å². The quantitative estimate of drug-likeness (QED) is 0.644. The predicted octanol–water partition coefficient (Wildman–Crippen LogP) is 2.07. The molecule has 4 nitrogen and oxygen atoms in total. The van der Waals surface area contributed by atoms with E-state index in [1.54, 1.807) is 0 Å². The van der Waals surface area contributed by atoms with Crippen molar-refractivity contribution in [3.05, 3.63) is 23.8 Å². The SMILES string of the molecule is CC(=O)c1ccc(N2CCCC(CCO)C2)cc1N. The molecule has 1 aromatic carbocycles. The molecule has 3 N–H and O–H groups in total. The second-order valence-electron chi connectivity index (χ2n) is 5.29. The summed E-state index contributed by atoms with van der Waals surface area (Å²) in [6.45, 7) is 3.76. The highest BCUT2D eigenvalue weighted by atomic mass is 16.3. The summed E-state index contributed by atoms with van der Waals surface area (Å²) in [7, 11) is 0. The molecule has 0 aliphatic carbocycles. The van der Waals surface area contributed by atoms with Crippen molar-refractivity contribution in [1.82, 2.24) is 0 Å². The number of Topliss-reactive ketones (excluding diaryl/α,β-unsaturated/α-hetero) is 1. The Morgan fingerprint density at radius 1 is 1.53 bits per heavy atom. The van der Waals surface area contributed by atoms with E-state index in [1.807, 2.05) is 18.2 Å². The van der Waals surface area contributed by atoms with Gasteiger partial charge < -0.3 is 15.7 Å². The van der Waals surface area contributed by atoms with Crippen molar-refractivity contribution < 1.29 is 9.90 Å². The molecule has 1 aromatic rings. The molecule has 0 saturated carbocycles. The van der Waals surface area contributed by atoms with Crippen LogP contribution in [0.1, 0.15) is 36.5 Å². The van der Waals surface area contributed by atoms with Crippen LogP contribution in [0.5, 0.6) is 0 Å². The van der Waals surface area contributed by atoms with Crippen molar-refractivity contribution in [2.45, 2.75) is 26.2 Å². The second kappa shape index (κ2) is 6.06. The molecular formula is C15H22N2O2. The zero-order valence-electron chi connectivity index (χ0n) is 11.4. The number of aliphatic hydroxyl groups excluding tert-OH is 1. The normalized spacial score (nSPS) is 19.5. The Bertz CT molecular complexity index is 457. The monoisotopic (exact) mass is 262 g/mol. The summed E-state index contributed by atoms with van der Waals surface area (Å²) >= 11 is 0. The Kier molecular flexibility index (Phi) is 4.43. The lowest BCUT2D eigenvalue weighted by molar-refractivity contribution is 0.101. The molecule has 0 spiro atoms. The van der Waals surface area contributed by atoms with E-state index in [0.717, 1.165) is 31.6 Å². The van der Waals surface area contributed by atoms with E-state index in [9.17, 15) is 4.79 Å². The fraction of sp³-hybridized carbons (Fsp3) is 0.533. The number of piperidine rings is 1. The molecular weight excluding hydrogens is 240 g/mol. The van der Waals surface area contributed by atoms with Crippen LogP contribution in [-0.2, 0) is 0 Å². The number of hydrogen-bond donors (Lipinski definition) is 2. The van der Waals surface area contributed by atoms with Gasteiger partial charge in [0.25, 0.3) is 0 Å². The summed E-state index contributed by atoms with van der Waals surface area (Å²) in [6.07, 6.45) is 3.18. The van der Waals surface area contributed by atoms with Crippen LogP contribution in [0.4, 0.5) is 11.4 Å². The first-order chi connectivity index (χ1) is 9.11. The van der Waals surface area contributed by atoms with Crippen molar-refractivity contribution in [2.75, 3.05) is 30.3 Å². The lowest BCUT2D eigenvalue weighted by Gasteiger charge is -2.34. The maximum Gasteiger partial charge on any atom is 0.161 e. The maximum absolute atomic E-state index is 11.4. The number of nitrogens with two attached hydrogens (primary N) is 1. The minimum Gasteiger partial charge on any atom is -0.398 e. The number of benzene rings is 1. The molecule has 1 saturated heterocycles. The van der Waals surface area contributed by atoms with Crippen molar-refractivity contribution >= 4 is 17.2 Å². The molecule has 2 rings (SSSR count). The molecule has 4 heteroatoms. The number of anilines is 2. The summed E-state index contributed by atoms with van der Waals surface area (Å²) in [6, 6.07) is 5.66. The molecule has 0 radical (unpaired) electrons. The van der Waals surface area contributed by atoms with Gasteiger partial charge in [0.05, 0.1) is 0 Å². The summed E-state index contributed by atoms with van der Waals surface area (Å²) in [5.74, 6) is 0.549. The lowest BCUT2D eigenvalue weighted by atomic mass is 9.94. The lowest BCUT2D eigenvalue weighted by Crippen LogP contribution is -2.35. The van der Waals surface area contributed by atoms with Gasteiger partial charge in [-0.2, -0.15) is 0 Å². The number of hydrogen-bond acceptors (Lipinski definition) is 4. The van der Waals surface area contributed by atoms with Crippen molar-refractivity contribution in [3.63, 3.8) is 0 Å². The van der Waals surface area contributed by atoms with Crippen LogP contribution in [0.15, 0.2) is 18.2 Å².